The first-order chi connectivity index (χ1) is 8.16. The number of hydrogen-bond acceptors (Lipinski definition) is 3. The van der Waals surface area contributed by atoms with Gasteiger partial charge in [0.05, 0.1) is 0 Å². The second-order valence-corrected chi connectivity index (χ2v) is 5.78. The van der Waals surface area contributed by atoms with Crippen molar-refractivity contribution in [1.82, 2.24) is 0 Å². The van der Waals surface area contributed by atoms with E-state index in [-0.39, 0.29) is 12.1 Å². The van der Waals surface area contributed by atoms with Gasteiger partial charge in [-0.15, -0.1) is 18.3 Å². The van der Waals surface area contributed by atoms with Gasteiger partial charge in [-0.1, -0.05) is 24.3 Å². The Morgan fingerprint density at radius 2 is 2.24 bits per heavy atom. The molecule has 2 nitrogen and oxygen atoms in total. The number of rotatable bonds is 4. The van der Waals surface area contributed by atoms with E-state index in [4.69, 9.17) is 4.74 Å². The molecule has 1 saturated heterocycles. The summed E-state index contributed by atoms with van der Waals surface area (Å²) in [5.41, 5.74) is 0. The maximum absolute atomic E-state index is 12.0. The molecule has 0 saturated carbocycles. The minimum atomic E-state index is -0.484. The Labute approximate surface area is 106 Å². The number of carbonyl (C=O) groups excluding carboxylic acids is 1. The number of hydrogen-bond donors (Lipinski definition) is 0. The summed E-state index contributed by atoms with van der Waals surface area (Å²) < 4.78 is 4.81. The molecule has 1 heterocycles. The lowest BCUT2D eigenvalue weighted by atomic mass is 10.0. The third kappa shape index (κ3) is 2.55. The van der Waals surface area contributed by atoms with Gasteiger partial charge in [0.25, 0.3) is 0 Å². The average Bonchev–Trinajstić information content (AvgIpc) is 2.55. The number of allylic oxidation sites excluding steroid dienone is 1. The average molecular weight is 248 g/mol. The third-order valence-electron chi connectivity index (χ3n) is 2.83. The highest BCUT2D eigenvalue weighted by Crippen LogP contribution is 2.44. The summed E-state index contributed by atoms with van der Waals surface area (Å²) >= 11 is 1.59. The number of esters is 1. The van der Waals surface area contributed by atoms with Crippen LogP contribution >= 0.6 is 11.8 Å². The van der Waals surface area contributed by atoms with Crippen LogP contribution in [0.1, 0.15) is 19.8 Å². The predicted octanol–water partition coefficient (Wildman–Crippen LogP) is 3.43. The van der Waals surface area contributed by atoms with Crippen LogP contribution in [0.4, 0.5) is 0 Å². The Morgan fingerprint density at radius 1 is 1.53 bits per heavy atom. The maximum atomic E-state index is 12.0. The molecule has 1 fully saturated rings. The van der Waals surface area contributed by atoms with Crippen LogP contribution in [0, 0.1) is 0 Å². The van der Waals surface area contributed by atoms with E-state index in [2.05, 4.69) is 6.58 Å². The minimum Gasteiger partial charge on any atom is -0.462 e. The predicted molar refractivity (Wildman–Crippen MR) is 70.0 cm³/mol. The van der Waals surface area contributed by atoms with Gasteiger partial charge in [0.2, 0.25) is 0 Å². The summed E-state index contributed by atoms with van der Waals surface area (Å²) in [6, 6.07) is 9.97. The molecule has 0 amide bonds. The summed E-state index contributed by atoms with van der Waals surface area (Å²) in [4.78, 5) is 13.1. The van der Waals surface area contributed by atoms with E-state index in [0.29, 0.717) is 6.42 Å². The van der Waals surface area contributed by atoms with Gasteiger partial charge < -0.3 is 4.74 Å². The topological polar surface area (TPSA) is 26.3 Å². The number of carbonyl (C=O) groups is 1. The molecule has 3 heteroatoms. The SMILES string of the molecule is C=CCC1(Sc2ccccc2)C[C@H](C)OC1=O. The standard InChI is InChI=1S/C14H16O2S/c1-3-9-14(10-11(2)16-13(14)15)17-12-7-5-4-6-8-12/h3-8,11H,1,9-10H2,2H3/t11-,14?/m0/s1. The highest BCUT2D eigenvalue weighted by atomic mass is 32.2. The molecule has 17 heavy (non-hydrogen) atoms. The van der Waals surface area contributed by atoms with Crippen LogP contribution in [-0.2, 0) is 9.53 Å². The van der Waals surface area contributed by atoms with Crippen molar-refractivity contribution in [2.24, 2.45) is 0 Å². The van der Waals surface area contributed by atoms with Crippen molar-refractivity contribution < 1.29 is 9.53 Å². The Balaban J connectivity index is 2.23. The second-order valence-electron chi connectivity index (χ2n) is 4.32. The van der Waals surface area contributed by atoms with Gasteiger partial charge in [-0.25, -0.2) is 0 Å². The van der Waals surface area contributed by atoms with Crippen molar-refractivity contribution in [3.05, 3.63) is 43.0 Å². The summed E-state index contributed by atoms with van der Waals surface area (Å²) in [7, 11) is 0. The van der Waals surface area contributed by atoms with Crippen molar-refractivity contribution in [3.8, 4) is 0 Å². The number of cyclic esters (lactones) is 1. The lowest BCUT2D eigenvalue weighted by molar-refractivity contribution is -0.142. The highest BCUT2D eigenvalue weighted by Gasteiger charge is 2.47. The van der Waals surface area contributed by atoms with Crippen molar-refractivity contribution in [1.29, 1.82) is 0 Å². The van der Waals surface area contributed by atoms with Gasteiger partial charge in [0.1, 0.15) is 10.9 Å². The summed E-state index contributed by atoms with van der Waals surface area (Å²) in [6.45, 7) is 5.69. The fourth-order valence-electron chi connectivity index (χ4n) is 2.12. The molecule has 0 aromatic heterocycles. The van der Waals surface area contributed by atoms with Crippen molar-refractivity contribution in [3.63, 3.8) is 0 Å². The van der Waals surface area contributed by atoms with Crippen LogP contribution in [0.15, 0.2) is 47.9 Å². The molecule has 0 aliphatic carbocycles. The molecule has 1 aromatic rings. The zero-order valence-corrected chi connectivity index (χ0v) is 10.7. The maximum Gasteiger partial charge on any atom is 0.323 e. The number of ether oxygens (including phenoxy) is 1. The molecule has 1 aliphatic heterocycles. The third-order valence-corrected chi connectivity index (χ3v) is 4.23. The summed E-state index contributed by atoms with van der Waals surface area (Å²) in [6.07, 6.45) is 3.20. The molecule has 1 aromatic carbocycles. The Bertz CT molecular complexity index is 415. The Morgan fingerprint density at radius 3 is 2.76 bits per heavy atom. The van der Waals surface area contributed by atoms with Gasteiger partial charge >= 0.3 is 5.97 Å². The van der Waals surface area contributed by atoms with Crippen molar-refractivity contribution in [2.45, 2.75) is 35.5 Å². The molecular weight excluding hydrogens is 232 g/mol. The molecule has 1 unspecified atom stereocenters. The summed E-state index contributed by atoms with van der Waals surface area (Å²) in [5.74, 6) is -0.112. The number of thioether (sulfide) groups is 1. The molecule has 0 N–H and O–H groups in total. The monoisotopic (exact) mass is 248 g/mol. The molecule has 1 aliphatic rings. The smallest absolute Gasteiger partial charge is 0.323 e. The van der Waals surface area contributed by atoms with Crippen molar-refractivity contribution in [2.75, 3.05) is 0 Å². The normalized spacial score (nSPS) is 27.8. The van der Waals surface area contributed by atoms with Gasteiger partial charge in [-0.2, -0.15) is 0 Å². The quantitative estimate of drug-likeness (QED) is 0.603. The van der Waals surface area contributed by atoms with E-state index in [1.165, 1.54) is 0 Å². The second kappa shape index (κ2) is 4.96. The lowest BCUT2D eigenvalue weighted by Crippen LogP contribution is -2.29. The first-order valence-electron chi connectivity index (χ1n) is 5.72. The lowest BCUT2D eigenvalue weighted by Gasteiger charge is -2.22. The van der Waals surface area contributed by atoms with Crippen LogP contribution in [0.2, 0.25) is 0 Å². The fraction of sp³-hybridized carbons (Fsp3) is 0.357. The van der Waals surface area contributed by atoms with Gasteiger partial charge in [-0.05, 0) is 25.5 Å². The minimum absolute atomic E-state index is 0.00124. The van der Waals surface area contributed by atoms with E-state index in [9.17, 15) is 4.79 Å². The summed E-state index contributed by atoms with van der Waals surface area (Å²) in [5, 5.41) is 0. The largest absolute Gasteiger partial charge is 0.462 e. The molecule has 0 bridgehead atoms. The van der Waals surface area contributed by atoms with Gasteiger partial charge in [0.15, 0.2) is 0 Å². The van der Waals surface area contributed by atoms with Gasteiger partial charge in [0, 0.05) is 11.3 Å². The molecule has 0 radical (unpaired) electrons. The van der Waals surface area contributed by atoms with Gasteiger partial charge in [-0.3, -0.25) is 4.79 Å². The van der Waals surface area contributed by atoms with Crippen molar-refractivity contribution >= 4 is 17.7 Å². The molecule has 2 rings (SSSR count). The van der Waals surface area contributed by atoms with E-state index in [1.807, 2.05) is 37.3 Å². The Kier molecular flexibility index (Phi) is 3.57. The molecule has 0 spiro atoms. The number of benzene rings is 1. The van der Waals surface area contributed by atoms with Crippen LogP contribution in [-0.4, -0.2) is 16.8 Å². The van der Waals surface area contributed by atoms with Crippen LogP contribution in [0.5, 0.6) is 0 Å². The first kappa shape index (κ1) is 12.2. The first-order valence-corrected chi connectivity index (χ1v) is 6.54. The van der Waals surface area contributed by atoms with E-state index in [0.717, 1.165) is 11.3 Å². The fourth-order valence-corrected chi connectivity index (χ4v) is 3.51. The van der Waals surface area contributed by atoms with Crippen LogP contribution in [0.3, 0.4) is 0 Å². The highest BCUT2D eigenvalue weighted by molar-refractivity contribution is 8.01. The van der Waals surface area contributed by atoms with E-state index < -0.39 is 4.75 Å². The van der Waals surface area contributed by atoms with E-state index >= 15 is 0 Å². The van der Waals surface area contributed by atoms with E-state index in [1.54, 1.807) is 17.8 Å². The molecular formula is C14H16O2S. The Hall–Kier alpha value is -1.22. The van der Waals surface area contributed by atoms with Crippen LogP contribution < -0.4 is 0 Å². The molecule has 90 valence electrons. The molecule has 2 atom stereocenters. The zero-order chi connectivity index (χ0) is 12.3. The van der Waals surface area contributed by atoms with Crippen LogP contribution in [0.25, 0.3) is 0 Å². The zero-order valence-electron chi connectivity index (χ0n) is 9.89.